The second-order valence-corrected chi connectivity index (χ2v) is 8.14. The maximum Gasteiger partial charge on any atom is 0.263 e. The van der Waals surface area contributed by atoms with Crippen LogP contribution < -0.4 is 9.64 Å². The van der Waals surface area contributed by atoms with Gasteiger partial charge in [0.15, 0.2) is 6.10 Å². The monoisotopic (exact) mass is 484 g/mol. The first-order valence-electron chi connectivity index (χ1n) is 8.66. The minimum atomic E-state index is -0.491. The number of rotatable bonds is 4. The predicted octanol–water partition coefficient (Wildman–Crippen LogP) is 4.37. The van der Waals surface area contributed by atoms with Gasteiger partial charge in [-0.1, -0.05) is 17.7 Å². The highest BCUT2D eigenvalue weighted by Gasteiger charge is 2.26. The Morgan fingerprint density at radius 3 is 2.42 bits per heavy atom. The van der Waals surface area contributed by atoms with Crippen LogP contribution in [0.3, 0.4) is 0 Å². The van der Waals surface area contributed by atoms with E-state index in [1.54, 1.807) is 0 Å². The van der Waals surface area contributed by atoms with Crippen LogP contribution in [0.5, 0.6) is 5.75 Å². The normalized spacial score (nSPS) is 15.7. The molecule has 2 aromatic rings. The quantitative estimate of drug-likeness (QED) is 0.604. The SMILES string of the molecule is Cc1ccc(Cl)cc1N1CCN(C(=O)[C@H](C)Oc2ccc(I)cc2)CC1. The van der Waals surface area contributed by atoms with Crippen molar-refractivity contribution in [2.45, 2.75) is 20.0 Å². The van der Waals surface area contributed by atoms with Crippen molar-refractivity contribution in [1.29, 1.82) is 0 Å². The molecule has 1 saturated heterocycles. The Morgan fingerprint density at radius 1 is 1.12 bits per heavy atom. The number of carbonyl (C=O) groups is 1. The Kier molecular flexibility index (Phi) is 6.29. The minimum absolute atomic E-state index is 0.0333. The standard InChI is InChI=1S/C20H22ClIN2O2/c1-14-3-4-16(21)13-19(14)23-9-11-24(12-10-23)20(25)15(2)26-18-7-5-17(22)6-8-18/h3-8,13,15H,9-12H2,1-2H3/t15-/m0/s1. The van der Waals surface area contributed by atoms with Gasteiger partial charge in [0.2, 0.25) is 0 Å². The first-order valence-corrected chi connectivity index (χ1v) is 10.1. The molecule has 1 aliphatic rings. The molecule has 4 nitrogen and oxygen atoms in total. The molecule has 1 amide bonds. The van der Waals surface area contributed by atoms with E-state index in [0.29, 0.717) is 13.1 Å². The number of nitrogens with zero attached hydrogens (tertiary/aromatic N) is 2. The zero-order valence-corrected chi connectivity index (χ0v) is 17.8. The molecule has 6 heteroatoms. The van der Waals surface area contributed by atoms with Crippen LogP contribution in [0.15, 0.2) is 42.5 Å². The van der Waals surface area contributed by atoms with Crippen LogP contribution in [0.4, 0.5) is 5.69 Å². The molecule has 0 bridgehead atoms. The molecule has 1 heterocycles. The van der Waals surface area contributed by atoms with Gasteiger partial charge < -0.3 is 14.5 Å². The van der Waals surface area contributed by atoms with E-state index in [4.69, 9.17) is 16.3 Å². The van der Waals surface area contributed by atoms with Crippen LogP contribution in [0, 0.1) is 10.5 Å². The van der Waals surface area contributed by atoms with Crippen LogP contribution in [-0.4, -0.2) is 43.1 Å². The number of benzene rings is 2. The number of ether oxygens (including phenoxy) is 1. The molecular weight excluding hydrogens is 463 g/mol. The van der Waals surface area contributed by atoms with E-state index in [9.17, 15) is 4.79 Å². The highest BCUT2D eigenvalue weighted by Crippen LogP contribution is 2.25. The lowest BCUT2D eigenvalue weighted by Gasteiger charge is -2.37. The second-order valence-electron chi connectivity index (χ2n) is 6.46. The van der Waals surface area contributed by atoms with Gasteiger partial charge in [-0.25, -0.2) is 0 Å². The zero-order chi connectivity index (χ0) is 18.7. The second kappa shape index (κ2) is 8.48. The van der Waals surface area contributed by atoms with Gasteiger partial charge in [-0.3, -0.25) is 4.79 Å². The average molecular weight is 485 g/mol. The van der Waals surface area contributed by atoms with Gasteiger partial charge >= 0.3 is 0 Å². The molecular formula is C20H22ClIN2O2. The summed E-state index contributed by atoms with van der Waals surface area (Å²) in [6.45, 7) is 6.86. The summed E-state index contributed by atoms with van der Waals surface area (Å²) in [4.78, 5) is 16.9. The lowest BCUT2D eigenvalue weighted by Crippen LogP contribution is -2.52. The van der Waals surface area contributed by atoms with Crippen LogP contribution in [0.1, 0.15) is 12.5 Å². The molecule has 0 aromatic heterocycles. The lowest BCUT2D eigenvalue weighted by molar-refractivity contribution is -0.138. The number of amides is 1. The molecule has 0 spiro atoms. The first-order chi connectivity index (χ1) is 12.4. The third-order valence-corrected chi connectivity index (χ3v) is 5.53. The van der Waals surface area contributed by atoms with E-state index in [-0.39, 0.29) is 5.91 Å². The smallest absolute Gasteiger partial charge is 0.263 e. The Hall–Kier alpha value is -1.47. The highest BCUT2D eigenvalue weighted by atomic mass is 127. The van der Waals surface area contributed by atoms with Crippen molar-refractivity contribution < 1.29 is 9.53 Å². The van der Waals surface area contributed by atoms with Gasteiger partial charge in [-0.2, -0.15) is 0 Å². The summed E-state index contributed by atoms with van der Waals surface area (Å²) < 4.78 is 6.95. The molecule has 26 heavy (non-hydrogen) atoms. The van der Waals surface area contributed by atoms with Crippen molar-refractivity contribution >= 4 is 45.8 Å². The average Bonchev–Trinajstić information content (AvgIpc) is 2.65. The van der Waals surface area contributed by atoms with Crippen molar-refractivity contribution in [2.24, 2.45) is 0 Å². The third-order valence-electron chi connectivity index (χ3n) is 4.58. The predicted molar refractivity (Wildman–Crippen MR) is 114 cm³/mol. The van der Waals surface area contributed by atoms with Crippen molar-refractivity contribution in [1.82, 2.24) is 4.90 Å². The number of halogens is 2. The van der Waals surface area contributed by atoms with Crippen LogP contribution in [0.25, 0.3) is 0 Å². The molecule has 1 atom stereocenters. The van der Waals surface area contributed by atoms with Crippen molar-refractivity contribution in [3.05, 3.63) is 56.6 Å². The Morgan fingerprint density at radius 2 is 1.77 bits per heavy atom. The minimum Gasteiger partial charge on any atom is -0.481 e. The maximum atomic E-state index is 12.7. The van der Waals surface area contributed by atoms with Crippen molar-refractivity contribution in [2.75, 3.05) is 31.1 Å². The van der Waals surface area contributed by atoms with Gasteiger partial charge in [0.25, 0.3) is 5.91 Å². The molecule has 1 aliphatic heterocycles. The molecule has 0 saturated carbocycles. The molecule has 138 valence electrons. The van der Waals surface area contributed by atoms with Gasteiger partial charge in [0.05, 0.1) is 0 Å². The third kappa shape index (κ3) is 4.62. The van der Waals surface area contributed by atoms with Crippen LogP contribution in [0.2, 0.25) is 5.02 Å². The summed E-state index contributed by atoms with van der Waals surface area (Å²) in [7, 11) is 0. The highest BCUT2D eigenvalue weighted by molar-refractivity contribution is 14.1. The first kappa shape index (κ1) is 19.3. The Bertz CT molecular complexity index is 774. The van der Waals surface area contributed by atoms with E-state index >= 15 is 0 Å². The number of carbonyl (C=O) groups excluding carboxylic acids is 1. The number of piperazine rings is 1. The number of hydrogen-bond acceptors (Lipinski definition) is 3. The summed E-state index contributed by atoms with van der Waals surface area (Å²) in [5.74, 6) is 0.755. The summed E-state index contributed by atoms with van der Waals surface area (Å²) in [6, 6.07) is 13.7. The Labute approximate surface area is 173 Å². The molecule has 2 aromatic carbocycles. The number of anilines is 1. The summed E-state index contributed by atoms with van der Waals surface area (Å²) in [5, 5.41) is 0.739. The molecule has 0 aliphatic carbocycles. The van der Waals surface area contributed by atoms with E-state index < -0.39 is 6.10 Å². The van der Waals surface area contributed by atoms with E-state index in [1.807, 2.05) is 54.3 Å². The fourth-order valence-electron chi connectivity index (χ4n) is 3.12. The Balaban J connectivity index is 1.57. The van der Waals surface area contributed by atoms with Gasteiger partial charge in [0.1, 0.15) is 5.75 Å². The maximum absolute atomic E-state index is 12.7. The summed E-state index contributed by atoms with van der Waals surface area (Å²) in [5.41, 5.74) is 2.34. The lowest BCUT2D eigenvalue weighted by atomic mass is 10.1. The van der Waals surface area contributed by atoms with Crippen LogP contribution in [-0.2, 0) is 4.79 Å². The van der Waals surface area contributed by atoms with E-state index in [0.717, 1.165) is 33.1 Å². The molecule has 0 unspecified atom stereocenters. The zero-order valence-electron chi connectivity index (χ0n) is 14.9. The number of hydrogen-bond donors (Lipinski definition) is 0. The van der Waals surface area contributed by atoms with Crippen LogP contribution >= 0.6 is 34.2 Å². The van der Waals surface area contributed by atoms with Crippen molar-refractivity contribution in [3.63, 3.8) is 0 Å². The molecule has 0 radical (unpaired) electrons. The summed E-state index contributed by atoms with van der Waals surface area (Å²) in [6.07, 6.45) is -0.491. The van der Waals surface area contributed by atoms with Gasteiger partial charge in [-0.15, -0.1) is 0 Å². The van der Waals surface area contributed by atoms with Gasteiger partial charge in [-0.05, 0) is 78.4 Å². The molecule has 3 rings (SSSR count). The number of aryl methyl sites for hydroxylation is 1. The van der Waals surface area contributed by atoms with E-state index in [1.165, 1.54) is 5.56 Å². The molecule has 1 fully saturated rings. The topological polar surface area (TPSA) is 32.8 Å². The van der Waals surface area contributed by atoms with Gasteiger partial charge in [0, 0.05) is 40.5 Å². The summed E-state index contributed by atoms with van der Waals surface area (Å²) >= 11 is 8.38. The van der Waals surface area contributed by atoms with E-state index in [2.05, 4.69) is 34.4 Å². The fourth-order valence-corrected chi connectivity index (χ4v) is 3.64. The fraction of sp³-hybridized carbons (Fsp3) is 0.350. The largest absolute Gasteiger partial charge is 0.481 e. The van der Waals surface area contributed by atoms with Crippen molar-refractivity contribution in [3.8, 4) is 5.75 Å². The molecule has 0 N–H and O–H groups in total.